The van der Waals surface area contributed by atoms with Gasteiger partial charge in [-0.15, -0.1) is 0 Å². The number of hydrogen-bond acceptors (Lipinski definition) is 6. The quantitative estimate of drug-likeness (QED) is 0.535. The van der Waals surface area contributed by atoms with E-state index in [2.05, 4.69) is 4.72 Å². The molecule has 0 radical (unpaired) electrons. The first kappa shape index (κ1) is 19.5. The largest absolute Gasteiger partial charge is 0.429 e. The third-order valence-electron chi connectivity index (χ3n) is 4.26. The molecular formula is C21H16N2O6S. The maximum absolute atomic E-state index is 12.7. The Morgan fingerprint density at radius 1 is 1.00 bits per heavy atom. The van der Waals surface area contributed by atoms with E-state index >= 15 is 0 Å². The van der Waals surface area contributed by atoms with Gasteiger partial charge in [-0.2, -0.15) is 4.57 Å². The number of carbonyl (C=O) groups is 1. The maximum atomic E-state index is 12.7. The molecule has 8 nitrogen and oxygen atoms in total. The van der Waals surface area contributed by atoms with E-state index in [1.807, 2.05) is 13.0 Å². The third kappa shape index (κ3) is 3.83. The predicted molar refractivity (Wildman–Crippen MR) is 110 cm³/mol. The first-order valence-electron chi connectivity index (χ1n) is 8.86. The minimum Gasteiger partial charge on any atom is -0.410 e. The standard InChI is InChI=1S/C21H16N2O6S/c1-14-6-5-7-15(12-14)22-30(26,27)17-10-11-18-19(13-17)29-21(25)23(18)20(24)28-16-8-3-2-4-9-16/h2-13,22H,1H3. The highest BCUT2D eigenvalue weighted by molar-refractivity contribution is 7.92. The zero-order valence-corrected chi connectivity index (χ0v) is 16.5. The molecule has 0 aliphatic heterocycles. The number of rotatable bonds is 4. The van der Waals surface area contributed by atoms with E-state index in [1.54, 1.807) is 48.5 Å². The van der Waals surface area contributed by atoms with E-state index in [0.717, 1.165) is 5.56 Å². The summed E-state index contributed by atoms with van der Waals surface area (Å²) in [5.74, 6) is -0.725. The van der Waals surface area contributed by atoms with Crippen molar-refractivity contribution in [2.75, 3.05) is 4.72 Å². The van der Waals surface area contributed by atoms with Gasteiger partial charge in [0.05, 0.1) is 4.90 Å². The predicted octanol–water partition coefficient (Wildman–Crippen LogP) is 3.75. The van der Waals surface area contributed by atoms with E-state index in [0.29, 0.717) is 10.3 Å². The van der Waals surface area contributed by atoms with Crippen LogP contribution in [0, 0.1) is 6.92 Å². The zero-order valence-electron chi connectivity index (χ0n) is 15.7. The summed E-state index contributed by atoms with van der Waals surface area (Å²) in [5.41, 5.74) is 1.33. The number of anilines is 1. The third-order valence-corrected chi connectivity index (χ3v) is 5.64. The Balaban J connectivity index is 1.67. The van der Waals surface area contributed by atoms with Crippen LogP contribution < -0.4 is 15.2 Å². The van der Waals surface area contributed by atoms with Crippen molar-refractivity contribution in [2.24, 2.45) is 0 Å². The smallest absolute Gasteiger partial charge is 0.410 e. The molecule has 152 valence electrons. The number of aromatic nitrogens is 1. The number of nitrogens with one attached hydrogen (secondary N) is 1. The fourth-order valence-corrected chi connectivity index (χ4v) is 3.96. The highest BCUT2D eigenvalue weighted by Crippen LogP contribution is 2.22. The first-order valence-corrected chi connectivity index (χ1v) is 10.3. The molecule has 30 heavy (non-hydrogen) atoms. The molecule has 4 aromatic rings. The molecule has 1 heterocycles. The van der Waals surface area contributed by atoms with Crippen LogP contribution in [0.25, 0.3) is 11.1 Å². The van der Waals surface area contributed by atoms with Crippen molar-refractivity contribution in [3.8, 4) is 5.75 Å². The van der Waals surface area contributed by atoms with E-state index < -0.39 is 21.9 Å². The molecule has 0 fully saturated rings. The van der Waals surface area contributed by atoms with Crippen molar-refractivity contribution in [2.45, 2.75) is 11.8 Å². The van der Waals surface area contributed by atoms with Crippen LogP contribution in [0.1, 0.15) is 5.56 Å². The van der Waals surface area contributed by atoms with Crippen molar-refractivity contribution in [3.05, 3.63) is 88.9 Å². The van der Waals surface area contributed by atoms with Crippen LogP contribution in [0.2, 0.25) is 0 Å². The Hall–Kier alpha value is -3.85. The highest BCUT2D eigenvalue weighted by atomic mass is 32.2. The Morgan fingerprint density at radius 3 is 2.50 bits per heavy atom. The lowest BCUT2D eigenvalue weighted by Crippen LogP contribution is -2.26. The van der Waals surface area contributed by atoms with Crippen LogP contribution in [-0.4, -0.2) is 19.1 Å². The number of aryl methyl sites for hydroxylation is 1. The summed E-state index contributed by atoms with van der Waals surface area (Å²) in [4.78, 5) is 24.5. The molecule has 1 aromatic heterocycles. The lowest BCUT2D eigenvalue weighted by atomic mass is 10.2. The van der Waals surface area contributed by atoms with E-state index in [1.165, 1.54) is 18.2 Å². The number of ether oxygens (including phenoxy) is 1. The molecule has 0 aliphatic carbocycles. The van der Waals surface area contributed by atoms with Gasteiger partial charge in [-0.3, -0.25) is 4.72 Å². The van der Waals surface area contributed by atoms with Crippen molar-refractivity contribution in [1.82, 2.24) is 4.57 Å². The summed E-state index contributed by atoms with van der Waals surface area (Å²) >= 11 is 0. The van der Waals surface area contributed by atoms with Gasteiger partial charge in [0.2, 0.25) is 0 Å². The van der Waals surface area contributed by atoms with Crippen LogP contribution in [-0.2, 0) is 10.0 Å². The van der Waals surface area contributed by atoms with Gasteiger partial charge in [0.1, 0.15) is 11.3 Å². The monoisotopic (exact) mass is 424 g/mol. The van der Waals surface area contributed by atoms with Crippen LogP contribution in [0.3, 0.4) is 0 Å². The molecule has 0 saturated heterocycles. The molecule has 0 unspecified atom stereocenters. The topological polar surface area (TPSA) is 108 Å². The molecule has 3 aromatic carbocycles. The first-order chi connectivity index (χ1) is 14.3. The average Bonchev–Trinajstić information content (AvgIpc) is 3.03. The van der Waals surface area contributed by atoms with Gasteiger partial charge in [0.15, 0.2) is 5.58 Å². The lowest BCUT2D eigenvalue weighted by Gasteiger charge is -2.09. The molecule has 0 atom stereocenters. The lowest BCUT2D eigenvalue weighted by molar-refractivity contribution is 0.201. The second kappa shape index (κ2) is 7.53. The Kier molecular flexibility index (Phi) is 4.88. The summed E-state index contributed by atoms with van der Waals surface area (Å²) in [6.07, 6.45) is -0.960. The van der Waals surface area contributed by atoms with Crippen LogP contribution >= 0.6 is 0 Å². The normalized spacial score (nSPS) is 11.4. The fraction of sp³-hybridized carbons (Fsp3) is 0.0476. The molecule has 0 saturated carbocycles. The van der Waals surface area contributed by atoms with Crippen LogP contribution in [0.15, 0.2) is 86.9 Å². The van der Waals surface area contributed by atoms with Gasteiger partial charge in [0, 0.05) is 11.8 Å². The van der Waals surface area contributed by atoms with E-state index in [9.17, 15) is 18.0 Å². The zero-order chi connectivity index (χ0) is 21.3. The van der Waals surface area contributed by atoms with Crippen LogP contribution in [0.4, 0.5) is 10.5 Å². The second-order valence-corrected chi connectivity index (χ2v) is 8.17. The molecule has 1 N–H and O–H groups in total. The summed E-state index contributed by atoms with van der Waals surface area (Å²) < 4.78 is 38.8. The number of oxazole rings is 1. The van der Waals surface area contributed by atoms with Gasteiger partial charge in [-0.1, -0.05) is 30.3 Å². The SMILES string of the molecule is Cc1cccc(NS(=O)(=O)c2ccc3c(c2)oc(=O)n3C(=O)Oc2ccccc2)c1. The molecule has 0 aliphatic rings. The van der Waals surface area contributed by atoms with E-state index in [4.69, 9.17) is 9.15 Å². The highest BCUT2D eigenvalue weighted by Gasteiger charge is 2.21. The molecular weight excluding hydrogens is 408 g/mol. The van der Waals surface area contributed by atoms with Crippen molar-refractivity contribution >= 4 is 32.9 Å². The van der Waals surface area contributed by atoms with Crippen molar-refractivity contribution in [3.63, 3.8) is 0 Å². The van der Waals surface area contributed by atoms with E-state index in [-0.39, 0.29) is 21.7 Å². The molecule has 0 amide bonds. The summed E-state index contributed by atoms with van der Waals surface area (Å²) in [7, 11) is -3.93. The maximum Gasteiger partial charge on any atom is 0.429 e. The van der Waals surface area contributed by atoms with Crippen LogP contribution in [0.5, 0.6) is 5.75 Å². The molecule has 9 heteroatoms. The number of carbonyl (C=O) groups excluding carboxylic acids is 1. The van der Waals surface area contributed by atoms with Gasteiger partial charge in [-0.25, -0.2) is 18.0 Å². The number of nitrogens with zero attached hydrogens (tertiary/aromatic N) is 1. The average molecular weight is 424 g/mol. The number of benzene rings is 3. The molecule has 0 spiro atoms. The fourth-order valence-electron chi connectivity index (χ4n) is 2.90. The van der Waals surface area contributed by atoms with Gasteiger partial charge in [-0.05, 0) is 48.9 Å². The van der Waals surface area contributed by atoms with Gasteiger partial charge < -0.3 is 9.15 Å². The number of hydrogen-bond donors (Lipinski definition) is 1. The minimum absolute atomic E-state index is 0.0582. The minimum atomic E-state index is -3.93. The Labute approximate surface area is 171 Å². The number of sulfonamides is 1. The molecule has 4 rings (SSSR count). The Morgan fingerprint density at radius 2 is 1.77 bits per heavy atom. The van der Waals surface area contributed by atoms with Crippen molar-refractivity contribution < 1.29 is 22.4 Å². The molecule has 0 bridgehead atoms. The van der Waals surface area contributed by atoms with Gasteiger partial charge >= 0.3 is 11.8 Å². The summed E-state index contributed by atoms with van der Waals surface area (Å²) in [6.45, 7) is 1.84. The second-order valence-electron chi connectivity index (χ2n) is 6.49. The number of para-hydroxylation sites is 1. The summed E-state index contributed by atoms with van der Waals surface area (Å²) in [6, 6.07) is 18.9. The Bertz CT molecular complexity index is 1400. The summed E-state index contributed by atoms with van der Waals surface area (Å²) in [5, 5.41) is 0. The van der Waals surface area contributed by atoms with Crippen molar-refractivity contribution in [1.29, 1.82) is 0 Å². The van der Waals surface area contributed by atoms with Gasteiger partial charge in [0.25, 0.3) is 10.0 Å². The number of fused-ring (bicyclic) bond motifs is 1.